The summed E-state index contributed by atoms with van der Waals surface area (Å²) in [5.74, 6) is 0. The summed E-state index contributed by atoms with van der Waals surface area (Å²) in [6.07, 6.45) is 2.91. The number of hydrogen-bond acceptors (Lipinski definition) is 4. The van der Waals surface area contributed by atoms with Gasteiger partial charge in [-0.3, -0.25) is 0 Å². The van der Waals surface area contributed by atoms with Crippen molar-refractivity contribution in [1.29, 1.82) is 0 Å². The first-order valence-electron chi connectivity index (χ1n) is 5.26. The van der Waals surface area contributed by atoms with Crippen LogP contribution in [0.2, 0.25) is 0 Å². The summed E-state index contributed by atoms with van der Waals surface area (Å²) in [4.78, 5) is 4.35. The fraction of sp³-hybridized carbons (Fsp3) is 0.727. The maximum atomic E-state index is 5.18. The van der Waals surface area contributed by atoms with Crippen LogP contribution in [0.5, 0.6) is 0 Å². The summed E-state index contributed by atoms with van der Waals surface area (Å²) in [6, 6.07) is 0.383. The first-order valence-corrected chi connectivity index (χ1v) is 6.14. The molecule has 0 fully saturated rings. The van der Waals surface area contributed by atoms with E-state index in [2.05, 4.69) is 31.1 Å². The number of rotatable bonds is 6. The van der Waals surface area contributed by atoms with Gasteiger partial charge in [0.15, 0.2) is 0 Å². The molecule has 0 saturated heterocycles. The lowest BCUT2D eigenvalue weighted by Crippen LogP contribution is -2.45. The van der Waals surface area contributed by atoms with Gasteiger partial charge in [-0.25, -0.2) is 4.98 Å². The fourth-order valence-electron chi connectivity index (χ4n) is 1.57. The van der Waals surface area contributed by atoms with Gasteiger partial charge >= 0.3 is 0 Å². The number of ether oxygens (including phenoxy) is 1. The van der Waals surface area contributed by atoms with Gasteiger partial charge in [-0.1, -0.05) is 6.92 Å². The average molecular weight is 228 g/mol. The van der Waals surface area contributed by atoms with Crippen molar-refractivity contribution >= 4 is 11.3 Å². The standard InChI is InChI=1S/C11H20N2OS/c1-5-9(8-14-4)13-11(2,3)10-12-6-7-15-10/h6-7,9,13H,5,8H2,1-4H3. The molecule has 0 aliphatic heterocycles. The van der Waals surface area contributed by atoms with Crippen LogP contribution in [-0.4, -0.2) is 24.7 Å². The third kappa shape index (κ3) is 3.55. The Morgan fingerprint density at radius 2 is 2.33 bits per heavy atom. The summed E-state index contributed by atoms with van der Waals surface area (Å²) in [5, 5.41) is 6.70. The molecule has 3 nitrogen and oxygen atoms in total. The van der Waals surface area contributed by atoms with Crippen LogP contribution in [0, 0.1) is 0 Å². The fourth-order valence-corrected chi connectivity index (χ4v) is 2.29. The van der Waals surface area contributed by atoms with Gasteiger partial charge < -0.3 is 10.1 Å². The largest absolute Gasteiger partial charge is 0.383 e. The lowest BCUT2D eigenvalue weighted by molar-refractivity contribution is 0.147. The maximum Gasteiger partial charge on any atom is 0.112 e. The van der Waals surface area contributed by atoms with Crippen LogP contribution in [0.1, 0.15) is 32.2 Å². The van der Waals surface area contributed by atoms with Crippen LogP contribution in [0.3, 0.4) is 0 Å². The Bertz CT molecular complexity index is 272. The highest BCUT2D eigenvalue weighted by atomic mass is 32.1. The van der Waals surface area contributed by atoms with Gasteiger partial charge in [0, 0.05) is 24.7 Å². The van der Waals surface area contributed by atoms with Crippen LogP contribution in [0.15, 0.2) is 11.6 Å². The molecule has 0 bridgehead atoms. The van der Waals surface area contributed by atoms with E-state index in [1.807, 2.05) is 11.6 Å². The first-order chi connectivity index (χ1) is 7.10. The number of hydrogen-bond donors (Lipinski definition) is 1. The van der Waals surface area contributed by atoms with Crippen molar-refractivity contribution in [2.24, 2.45) is 0 Å². The molecule has 1 aromatic rings. The van der Waals surface area contributed by atoms with Gasteiger partial charge in [-0.15, -0.1) is 11.3 Å². The number of nitrogens with one attached hydrogen (secondary N) is 1. The molecule has 0 aliphatic rings. The minimum Gasteiger partial charge on any atom is -0.383 e. The van der Waals surface area contributed by atoms with Crippen molar-refractivity contribution < 1.29 is 4.74 Å². The molecule has 1 atom stereocenters. The predicted octanol–water partition coefficient (Wildman–Crippen LogP) is 2.39. The molecule has 1 rings (SSSR count). The first kappa shape index (κ1) is 12.6. The Balaban J connectivity index is 2.62. The summed E-state index contributed by atoms with van der Waals surface area (Å²) < 4.78 is 5.18. The lowest BCUT2D eigenvalue weighted by Gasteiger charge is -2.29. The highest BCUT2D eigenvalue weighted by Gasteiger charge is 2.25. The smallest absolute Gasteiger partial charge is 0.112 e. The number of aromatic nitrogens is 1. The van der Waals surface area contributed by atoms with E-state index in [1.54, 1.807) is 18.4 Å². The molecular formula is C11H20N2OS. The molecule has 0 spiro atoms. The molecule has 0 saturated carbocycles. The molecule has 15 heavy (non-hydrogen) atoms. The van der Waals surface area contributed by atoms with Crippen LogP contribution < -0.4 is 5.32 Å². The zero-order chi connectivity index (χ0) is 11.3. The molecule has 0 amide bonds. The van der Waals surface area contributed by atoms with E-state index in [1.165, 1.54) is 0 Å². The summed E-state index contributed by atoms with van der Waals surface area (Å²) in [5.41, 5.74) is -0.0760. The van der Waals surface area contributed by atoms with Crippen LogP contribution in [0.25, 0.3) is 0 Å². The zero-order valence-electron chi connectivity index (χ0n) is 9.91. The lowest BCUT2D eigenvalue weighted by atomic mass is 10.0. The zero-order valence-corrected chi connectivity index (χ0v) is 10.7. The molecule has 4 heteroatoms. The van der Waals surface area contributed by atoms with E-state index in [-0.39, 0.29) is 5.54 Å². The Hall–Kier alpha value is -0.450. The van der Waals surface area contributed by atoms with Gasteiger partial charge in [0.25, 0.3) is 0 Å². The van der Waals surface area contributed by atoms with E-state index in [0.717, 1.165) is 18.0 Å². The second-order valence-electron chi connectivity index (χ2n) is 4.17. The molecule has 1 aromatic heterocycles. The Labute approximate surface area is 95.9 Å². The molecule has 1 N–H and O–H groups in total. The minimum atomic E-state index is -0.0760. The minimum absolute atomic E-state index is 0.0760. The molecule has 1 heterocycles. The molecule has 0 aliphatic carbocycles. The third-order valence-corrected chi connectivity index (χ3v) is 3.49. The van der Waals surface area contributed by atoms with E-state index in [9.17, 15) is 0 Å². The summed E-state index contributed by atoms with van der Waals surface area (Å²) >= 11 is 1.69. The second-order valence-corrected chi connectivity index (χ2v) is 5.06. The Kier molecular flexibility index (Phi) is 4.70. The summed E-state index contributed by atoms with van der Waals surface area (Å²) in [7, 11) is 1.74. The van der Waals surface area contributed by atoms with Gasteiger partial charge in [-0.2, -0.15) is 0 Å². The number of nitrogens with zero attached hydrogens (tertiary/aromatic N) is 1. The van der Waals surface area contributed by atoms with E-state index >= 15 is 0 Å². The Morgan fingerprint density at radius 1 is 1.60 bits per heavy atom. The van der Waals surface area contributed by atoms with Gasteiger partial charge in [0.2, 0.25) is 0 Å². The van der Waals surface area contributed by atoms with Crippen LogP contribution in [0.4, 0.5) is 0 Å². The van der Waals surface area contributed by atoms with Crippen molar-refractivity contribution in [3.63, 3.8) is 0 Å². The van der Waals surface area contributed by atoms with Gasteiger partial charge in [0.05, 0.1) is 12.1 Å². The normalized spacial score (nSPS) is 14.1. The topological polar surface area (TPSA) is 34.1 Å². The molecule has 1 unspecified atom stereocenters. The maximum absolute atomic E-state index is 5.18. The van der Waals surface area contributed by atoms with Crippen molar-refractivity contribution in [3.8, 4) is 0 Å². The summed E-state index contributed by atoms with van der Waals surface area (Å²) in [6.45, 7) is 7.22. The van der Waals surface area contributed by atoms with Crippen molar-refractivity contribution in [3.05, 3.63) is 16.6 Å². The molecular weight excluding hydrogens is 208 g/mol. The SMILES string of the molecule is CCC(COC)NC(C)(C)c1nccs1. The predicted molar refractivity (Wildman–Crippen MR) is 64.2 cm³/mol. The highest BCUT2D eigenvalue weighted by molar-refractivity contribution is 7.09. The molecule has 86 valence electrons. The second kappa shape index (κ2) is 5.58. The van der Waals surface area contributed by atoms with Gasteiger partial charge in [-0.05, 0) is 20.3 Å². The van der Waals surface area contributed by atoms with Crippen LogP contribution in [-0.2, 0) is 10.3 Å². The van der Waals surface area contributed by atoms with E-state index < -0.39 is 0 Å². The van der Waals surface area contributed by atoms with Crippen molar-refractivity contribution in [2.75, 3.05) is 13.7 Å². The Morgan fingerprint density at radius 3 is 2.80 bits per heavy atom. The van der Waals surface area contributed by atoms with Crippen molar-refractivity contribution in [2.45, 2.75) is 38.8 Å². The van der Waals surface area contributed by atoms with Crippen LogP contribution >= 0.6 is 11.3 Å². The number of methoxy groups -OCH3 is 1. The quantitative estimate of drug-likeness (QED) is 0.812. The average Bonchev–Trinajstić information content (AvgIpc) is 2.70. The molecule has 0 radical (unpaired) electrons. The van der Waals surface area contributed by atoms with E-state index in [4.69, 9.17) is 4.74 Å². The van der Waals surface area contributed by atoms with Gasteiger partial charge in [0.1, 0.15) is 5.01 Å². The monoisotopic (exact) mass is 228 g/mol. The van der Waals surface area contributed by atoms with Crippen molar-refractivity contribution in [1.82, 2.24) is 10.3 Å². The van der Waals surface area contributed by atoms with E-state index in [0.29, 0.717) is 6.04 Å². The number of thiazole rings is 1. The third-order valence-electron chi connectivity index (χ3n) is 2.39. The highest BCUT2D eigenvalue weighted by Crippen LogP contribution is 2.22. The molecule has 0 aromatic carbocycles.